The Kier molecular flexibility index (Phi) is 7.61. The molecule has 0 atom stereocenters. The van der Waals surface area contributed by atoms with E-state index in [0.717, 1.165) is 23.5 Å². The Hall–Kier alpha value is -2.20. The molecule has 0 unspecified atom stereocenters. The van der Waals surface area contributed by atoms with Crippen LogP contribution in [0.4, 0.5) is 0 Å². The molecule has 4 heteroatoms. The quantitative estimate of drug-likeness (QED) is 0.446. The van der Waals surface area contributed by atoms with Crippen LogP contribution in [0.2, 0.25) is 0 Å². The highest BCUT2D eigenvalue weighted by molar-refractivity contribution is 7.98. The maximum atomic E-state index is 12.6. The van der Waals surface area contributed by atoms with Crippen LogP contribution in [0.15, 0.2) is 59.0 Å². The van der Waals surface area contributed by atoms with Crippen LogP contribution in [0.5, 0.6) is 5.75 Å². The van der Waals surface area contributed by atoms with E-state index in [-0.39, 0.29) is 5.91 Å². The SMILES string of the molecule is COc1ccc(C(=O)NCCC2=CCCCC2)cc1CSc1ccc(C)cc1. The summed E-state index contributed by atoms with van der Waals surface area (Å²) in [5, 5.41) is 3.06. The number of aryl methyl sites for hydroxylation is 1. The second-order valence-electron chi connectivity index (χ2n) is 7.24. The van der Waals surface area contributed by atoms with E-state index >= 15 is 0 Å². The standard InChI is InChI=1S/C24H29NO2S/c1-18-8-11-22(12-9-18)28-17-21-16-20(10-13-23(21)27-2)24(26)25-15-14-19-6-4-3-5-7-19/h6,8-13,16H,3-5,7,14-15,17H2,1-2H3,(H,25,26). The molecule has 1 N–H and O–H groups in total. The van der Waals surface area contributed by atoms with Crippen molar-refractivity contribution >= 4 is 17.7 Å². The molecule has 2 aromatic carbocycles. The van der Waals surface area contributed by atoms with E-state index in [0.29, 0.717) is 12.1 Å². The number of carbonyl (C=O) groups excluding carboxylic acids is 1. The van der Waals surface area contributed by atoms with E-state index < -0.39 is 0 Å². The number of thioether (sulfide) groups is 1. The smallest absolute Gasteiger partial charge is 0.251 e. The van der Waals surface area contributed by atoms with Crippen molar-refractivity contribution in [2.75, 3.05) is 13.7 Å². The highest BCUT2D eigenvalue weighted by Gasteiger charge is 2.11. The highest BCUT2D eigenvalue weighted by atomic mass is 32.2. The number of rotatable bonds is 8. The number of benzene rings is 2. The van der Waals surface area contributed by atoms with E-state index in [2.05, 4.69) is 42.6 Å². The predicted molar refractivity (Wildman–Crippen MR) is 117 cm³/mol. The minimum absolute atomic E-state index is 0.0133. The Morgan fingerprint density at radius 1 is 1.14 bits per heavy atom. The van der Waals surface area contributed by atoms with Gasteiger partial charge in [0.25, 0.3) is 5.91 Å². The van der Waals surface area contributed by atoms with E-state index in [1.807, 2.05) is 18.2 Å². The van der Waals surface area contributed by atoms with Crippen molar-refractivity contribution in [3.05, 3.63) is 70.8 Å². The first kappa shape index (κ1) is 20.5. The molecule has 1 aliphatic rings. The zero-order valence-electron chi connectivity index (χ0n) is 16.8. The highest BCUT2D eigenvalue weighted by Crippen LogP contribution is 2.29. The predicted octanol–water partition coefficient (Wildman–Crippen LogP) is 5.92. The van der Waals surface area contributed by atoms with Crippen molar-refractivity contribution in [2.45, 2.75) is 49.7 Å². The molecule has 1 amide bonds. The average Bonchev–Trinajstić information content (AvgIpc) is 2.74. The van der Waals surface area contributed by atoms with Crippen molar-refractivity contribution in [2.24, 2.45) is 0 Å². The molecule has 0 fully saturated rings. The Morgan fingerprint density at radius 2 is 1.96 bits per heavy atom. The lowest BCUT2D eigenvalue weighted by Crippen LogP contribution is -2.25. The molecule has 1 aliphatic carbocycles. The number of carbonyl (C=O) groups is 1. The molecule has 0 aliphatic heterocycles. The van der Waals surface area contributed by atoms with E-state index in [9.17, 15) is 4.79 Å². The summed E-state index contributed by atoms with van der Waals surface area (Å²) >= 11 is 1.75. The van der Waals surface area contributed by atoms with Gasteiger partial charge in [0, 0.05) is 28.3 Å². The Bertz CT molecular complexity index is 827. The summed E-state index contributed by atoms with van der Waals surface area (Å²) in [6.07, 6.45) is 8.23. The summed E-state index contributed by atoms with van der Waals surface area (Å²) in [6.45, 7) is 2.79. The normalized spacial score (nSPS) is 13.7. The molecule has 2 aromatic rings. The third-order valence-corrected chi connectivity index (χ3v) is 6.14. The van der Waals surface area contributed by atoms with Gasteiger partial charge in [0.05, 0.1) is 7.11 Å². The number of methoxy groups -OCH3 is 1. The minimum atomic E-state index is -0.0133. The molecule has 0 saturated heterocycles. The number of nitrogens with one attached hydrogen (secondary N) is 1. The molecule has 3 rings (SSSR count). The molecule has 0 saturated carbocycles. The summed E-state index contributed by atoms with van der Waals surface area (Å²) in [4.78, 5) is 13.8. The molecular weight excluding hydrogens is 366 g/mol. The Morgan fingerprint density at radius 3 is 2.68 bits per heavy atom. The van der Waals surface area contributed by atoms with Gasteiger partial charge >= 0.3 is 0 Å². The van der Waals surface area contributed by atoms with Crippen molar-refractivity contribution in [1.29, 1.82) is 0 Å². The van der Waals surface area contributed by atoms with Crippen LogP contribution in [-0.4, -0.2) is 19.6 Å². The number of allylic oxidation sites excluding steroid dienone is 1. The van der Waals surface area contributed by atoms with Crippen molar-refractivity contribution in [3.8, 4) is 5.75 Å². The topological polar surface area (TPSA) is 38.3 Å². The minimum Gasteiger partial charge on any atom is -0.496 e. The lowest BCUT2D eigenvalue weighted by molar-refractivity contribution is 0.0954. The average molecular weight is 396 g/mol. The summed E-state index contributed by atoms with van der Waals surface area (Å²) in [6, 6.07) is 14.2. The van der Waals surface area contributed by atoms with Crippen molar-refractivity contribution < 1.29 is 9.53 Å². The van der Waals surface area contributed by atoms with Gasteiger partial charge in [0.2, 0.25) is 0 Å². The van der Waals surface area contributed by atoms with Crippen LogP contribution in [0, 0.1) is 6.92 Å². The lowest BCUT2D eigenvalue weighted by atomic mass is 9.97. The zero-order valence-corrected chi connectivity index (χ0v) is 17.6. The van der Waals surface area contributed by atoms with Gasteiger partial charge in [0.1, 0.15) is 5.75 Å². The van der Waals surface area contributed by atoms with Crippen molar-refractivity contribution in [1.82, 2.24) is 5.32 Å². The molecule has 0 bridgehead atoms. The molecule has 0 heterocycles. The molecule has 0 spiro atoms. The number of hydrogen-bond donors (Lipinski definition) is 1. The van der Waals surface area contributed by atoms with Crippen molar-refractivity contribution in [3.63, 3.8) is 0 Å². The van der Waals surface area contributed by atoms with Gasteiger partial charge in [-0.05, 0) is 69.4 Å². The van der Waals surface area contributed by atoms with Gasteiger partial charge in [0.15, 0.2) is 0 Å². The van der Waals surface area contributed by atoms with Crippen LogP contribution in [0.25, 0.3) is 0 Å². The Labute approximate surface area is 172 Å². The largest absolute Gasteiger partial charge is 0.496 e. The first-order valence-corrected chi connectivity index (χ1v) is 11.0. The molecular formula is C24H29NO2S. The molecule has 148 valence electrons. The summed E-state index contributed by atoms with van der Waals surface area (Å²) in [5.74, 6) is 1.57. The first-order valence-electron chi connectivity index (χ1n) is 9.98. The van der Waals surface area contributed by atoms with Gasteiger partial charge in [-0.3, -0.25) is 4.79 Å². The van der Waals surface area contributed by atoms with Gasteiger partial charge in [-0.2, -0.15) is 0 Å². The number of hydrogen-bond acceptors (Lipinski definition) is 3. The zero-order chi connectivity index (χ0) is 19.8. The van der Waals surface area contributed by atoms with E-state index in [1.54, 1.807) is 18.9 Å². The fraction of sp³-hybridized carbons (Fsp3) is 0.375. The van der Waals surface area contributed by atoms with Crippen LogP contribution in [0.1, 0.15) is 53.6 Å². The summed E-state index contributed by atoms with van der Waals surface area (Å²) in [5.41, 5.74) is 4.47. The molecule has 3 nitrogen and oxygen atoms in total. The maximum absolute atomic E-state index is 12.6. The van der Waals surface area contributed by atoms with E-state index in [1.165, 1.54) is 41.7 Å². The second kappa shape index (κ2) is 10.4. The van der Waals surface area contributed by atoms with Gasteiger partial charge in [-0.15, -0.1) is 11.8 Å². The number of amides is 1. The molecule has 0 radical (unpaired) electrons. The summed E-state index contributed by atoms with van der Waals surface area (Å²) in [7, 11) is 1.67. The summed E-state index contributed by atoms with van der Waals surface area (Å²) < 4.78 is 5.50. The number of ether oxygens (including phenoxy) is 1. The molecule has 28 heavy (non-hydrogen) atoms. The fourth-order valence-corrected chi connectivity index (χ4v) is 4.27. The van der Waals surface area contributed by atoms with Crippen LogP contribution in [0.3, 0.4) is 0 Å². The van der Waals surface area contributed by atoms with Gasteiger partial charge in [-0.1, -0.05) is 29.3 Å². The third kappa shape index (κ3) is 5.90. The Balaban J connectivity index is 1.59. The van der Waals surface area contributed by atoms with Crippen LogP contribution >= 0.6 is 11.8 Å². The maximum Gasteiger partial charge on any atom is 0.251 e. The van der Waals surface area contributed by atoms with E-state index in [4.69, 9.17) is 4.74 Å². The van der Waals surface area contributed by atoms with Gasteiger partial charge in [-0.25, -0.2) is 0 Å². The lowest BCUT2D eigenvalue weighted by Gasteiger charge is -2.14. The molecule has 0 aromatic heterocycles. The second-order valence-corrected chi connectivity index (χ2v) is 8.29. The monoisotopic (exact) mass is 395 g/mol. The van der Waals surface area contributed by atoms with Crippen LogP contribution < -0.4 is 10.1 Å². The fourth-order valence-electron chi connectivity index (χ4n) is 3.40. The first-order chi connectivity index (χ1) is 13.7. The third-order valence-electron chi connectivity index (χ3n) is 5.07. The van der Waals surface area contributed by atoms with Gasteiger partial charge < -0.3 is 10.1 Å². The van der Waals surface area contributed by atoms with Crippen LogP contribution in [-0.2, 0) is 5.75 Å².